The van der Waals surface area contributed by atoms with Crippen LogP contribution in [0.3, 0.4) is 0 Å². The Morgan fingerprint density at radius 1 is 1.39 bits per heavy atom. The van der Waals surface area contributed by atoms with Gasteiger partial charge in [0.05, 0.1) is 4.92 Å². The zero-order chi connectivity index (χ0) is 13.2. The normalized spacial score (nSPS) is 18.7. The van der Waals surface area contributed by atoms with E-state index in [1.54, 1.807) is 12.1 Å². The summed E-state index contributed by atoms with van der Waals surface area (Å²) in [4.78, 5) is 12.6. The zero-order valence-electron chi connectivity index (χ0n) is 10.8. The number of nitro groups is 1. The van der Waals surface area contributed by atoms with Crippen LogP contribution in [0.4, 0.5) is 11.4 Å². The van der Waals surface area contributed by atoms with Gasteiger partial charge in [0.2, 0.25) is 0 Å². The van der Waals surface area contributed by atoms with Crippen molar-refractivity contribution in [1.82, 2.24) is 5.32 Å². The van der Waals surface area contributed by atoms with E-state index in [1.807, 2.05) is 13.1 Å². The quantitative estimate of drug-likeness (QED) is 0.659. The number of nitrogens with one attached hydrogen (secondary N) is 1. The molecule has 1 fully saturated rings. The fourth-order valence-electron chi connectivity index (χ4n) is 2.31. The Hall–Kier alpha value is -1.62. The summed E-state index contributed by atoms with van der Waals surface area (Å²) in [7, 11) is 1.99. The molecule has 1 aromatic rings. The van der Waals surface area contributed by atoms with Crippen molar-refractivity contribution in [3.8, 4) is 0 Å². The highest BCUT2D eigenvalue weighted by molar-refractivity contribution is 5.53. The van der Waals surface area contributed by atoms with E-state index in [-0.39, 0.29) is 16.1 Å². The molecule has 98 valence electrons. The number of rotatable bonds is 3. The molecule has 1 aliphatic rings. The lowest BCUT2D eigenvalue weighted by atomic mass is 9.89. The van der Waals surface area contributed by atoms with Crippen LogP contribution in [0.15, 0.2) is 24.3 Å². The number of benzene rings is 1. The van der Waals surface area contributed by atoms with Gasteiger partial charge in [-0.2, -0.15) is 0 Å². The summed E-state index contributed by atoms with van der Waals surface area (Å²) in [5, 5.41) is 14.1. The molecule has 1 aliphatic heterocycles. The highest BCUT2D eigenvalue weighted by Crippen LogP contribution is 2.27. The van der Waals surface area contributed by atoms with Crippen molar-refractivity contribution in [1.29, 1.82) is 0 Å². The molecule has 0 aromatic heterocycles. The van der Waals surface area contributed by atoms with Crippen LogP contribution in [-0.2, 0) is 0 Å². The van der Waals surface area contributed by atoms with E-state index < -0.39 is 0 Å². The summed E-state index contributed by atoms with van der Waals surface area (Å²) >= 11 is 0. The van der Waals surface area contributed by atoms with Crippen LogP contribution in [0.25, 0.3) is 0 Å². The van der Waals surface area contributed by atoms with Gasteiger partial charge >= 0.3 is 0 Å². The summed E-state index contributed by atoms with van der Waals surface area (Å²) in [6.07, 6.45) is 2.10. The Bertz CT molecular complexity index is 440. The predicted molar refractivity (Wildman–Crippen MR) is 72.0 cm³/mol. The van der Waals surface area contributed by atoms with Gasteiger partial charge in [0.1, 0.15) is 0 Å². The molecule has 18 heavy (non-hydrogen) atoms. The molecule has 0 saturated carbocycles. The maximum Gasteiger partial charge on any atom is 0.271 e. The van der Waals surface area contributed by atoms with Gasteiger partial charge in [-0.05, 0) is 32.9 Å². The molecule has 0 unspecified atom stereocenters. The molecule has 1 aromatic carbocycles. The van der Waals surface area contributed by atoms with Crippen molar-refractivity contribution < 1.29 is 4.92 Å². The minimum Gasteiger partial charge on any atom is -0.371 e. The lowest BCUT2D eigenvalue weighted by Crippen LogP contribution is -2.50. The SMILES string of the molecule is CNC1(C)CCN(c2cccc([N+](=O)[O-])c2)CC1. The third-order valence-corrected chi connectivity index (χ3v) is 3.88. The lowest BCUT2D eigenvalue weighted by Gasteiger charge is -2.40. The van der Waals surface area contributed by atoms with Crippen molar-refractivity contribution in [2.45, 2.75) is 25.3 Å². The predicted octanol–water partition coefficient (Wildman–Crippen LogP) is 2.17. The second-order valence-corrected chi connectivity index (χ2v) is 5.07. The van der Waals surface area contributed by atoms with Crippen LogP contribution in [0.2, 0.25) is 0 Å². The smallest absolute Gasteiger partial charge is 0.271 e. The van der Waals surface area contributed by atoms with Crippen molar-refractivity contribution >= 4 is 11.4 Å². The molecule has 0 bridgehead atoms. The average molecular weight is 249 g/mol. The zero-order valence-corrected chi connectivity index (χ0v) is 10.8. The van der Waals surface area contributed by atoms with Crippen molar-refractivity contribution in [2.75, 3.05) is 25.0 Å². The average Bonchev–Trinajstić information content (AvgIpc) is 2.40. The number of piperidine rings is 1. The molecular formula is C13H19N3O2. The third kappa shape index (κ3) is 2.61. The summed E-state index contributed by atoms with van der Waals surface area (Å²) in [6.45, 7) is 4.08. The Labute approximate surface area is 107 Å². The number of hydrogen-bond donors (Lipinski definition) is 1. The largest absolute Gasteiger partial charge is 0.371 e. The number of non-ortho nitro benzene ring substituents is 1. The fraction of sp³-hybridized carbons (Fsp3) is 0.538. The van der Waals surface area contributed by atoms with Crippen molar-refractivity contribution in [3.63, 3.8) is 0 Å². The second kappa shape index (κ2) is 4.94. The Morgan fingerprint density at radius 2 is 2.06 bits per heavy atom. The number of hydrogen-bond acceptors (Lipinski definition) is 4. The molecule has 5 nitrogen and oxygen atoms in total. The summed E-state index contributed by atoms with van der Waals surface area (Å²) in [5.41, 5.74) is 1.30. The topological polar surface area (TPSA) is 58.4 Å². The van der Waals surface area contributed by atoms with Gasteiger partial charge in [0.15, 0.2) is 0 Å². The van der Waals surface area contributed by atoms with Crippen LogP contribution in [-0.4, -0.2) is 30.6 Å². The molecule has 0 spiro atoms. The van der Waals surface area contributed by atoms with E-state index in [9.17, 15) is 10.1 Å². The van der Waals surface area contributed by atoms with E-state index in [0.717, 1.165) is 31.6 Å². The maximum atomic E-state index is 10.8. The van der Waals surface area contributed by atoms with Crippen LogP contribution < -0.4 is 10.2 Å². The molecule has 2 rings (SSSR count). The summed E-state index contributed by atoms with van der Waals surface area (Å²) < 4.78 is 0. The molecule has 0 atom stereocenters. The number of nitro benzene ring substituents is 1. The first-order chi connectivity index (χ1) is 8.54. The van der Waals surface area contributed by atoms with E-state index in [0.29, 0.717) is 0 Å². The summed E-state index contributed by atoms with van der Waals surface area (Å²) in [6, 6.07) is 6.88. The van der Waals surface area contributed by atoms with Gasteiger partial charge in [0.25, 0.3) is 5.69 Å². The highest BCUT2D eigenvalue weighted by atomic mass is 16.6. The summed E-state index contributed by atoms with van der Waals surface area (Å²) in [5.74, 6) is 0. The standard InChI is InChI=1S/C13H19N3O2/c1-13(14-2)6-8-15(9-7-13)11-4-3-5-12(10-11)16(17)18/h3-5,10,14H,6-9H2,1-2H3. The molecule has 5 heteroatoms. The van der Waals surface area contributed by atoms with E-state index in [4.69, 9.17) is 0 Å². The Balaban J connectivity index is 2.10. The lowest BCUT2D eigenvalue weighted by molar-refractivity contribution is -0.384. The molecule has 1 N–H and O–H groups in total. The monoisotopic (exact) mass is 249 g/mol. The number of anilines is 1. The molecule has 1 saturated heterocycles. The minimum atomic E-state index is -0.342. The van der Waals surface area contributed by atoms with Crippen molar-refractivity contribution in [3.05, 3.63) is 34.4 Å². The molecule has 1 heterocycles. The van der Waals surface area contributed by atoms with Crippen LogP contribution in [0.5, 0.6) is 0 Å². The van der Waals surface area contributed by atoms with Gasteiger partial charge in [-0.25, -0.2) is 0 Å². The first-order valence-corrected chi connectivity index (χ1v) is 6.22. The third-order valence-electron chi connectivity index (χ3n) is 3.88. The maximum absolute atomic E-state index is 10.8. The molecular weight excluding hydrogens is 230 g/mol. The van der Waals surface area contributed by atoms with Gasteiger partial charge in [0, 0.05) is 36.4 Å². The second-order valence-electron chi connectivity index (χ2n) is 5.07. The van der Waals surface area contributed by atoms with Crippen LogP contribution in [0, 0.1) is 10.1 Å². The fourth-order valence-corrected chi connectivity index (χ4v) is 2.31. The van der Waals surface area contributed by atoms with Crippen LogP contribution >= 0.6 is 0 Å². The van der Waals surface area contributed by atoms with Gasteiger partial charge in [-0.15, -0.1) is 0 Å². The van der Waals surface area contributed by atoms with E-state index >= 15 is 0 Å². The molecule has 0 aliphatic carbocycles. The van der Waals surface area contributed by atoms with Gasteiger partial charge in [-0.1, -0.05) is 6.07 Å². The van der Waals surface area contributed by atoms with E-state index in [2.05, 4.69) is 17.1 Å². The Morgan fingerprint density at radius 3 is 2.61 bits per heavy atom. The van der Waals surface area contributed by atoms with E-state index in [1.165, 1.54) is 6.07 Å². The Kier molecular flexibility index (Phi) is 3.52. The number of nitrogens with zero attached hydrogens (tertiary/aromatic N) is 2. The van der Waals surface area contributed by atoms with Gasteiger partial charge in [-0.3, -0.25) is 10.1 Å². The van der Waals surface area contributed by atoms with Gasteiger partial charge < -0.3 is 10.2 Å². The van der Waals surface area contributed by atoms with Crippen LogP contribution in [0.1, 0.15) is 19.8 Å². The highest BCUT2D eigenvalue weighted by Gasteiger charge is 2.28. The first-order valence-electron chi connectivity index (χ1n) is 6.22. The molecule has 0 amide bonds. The molecule has 0 radical (unpaired) electrons. The first kappa shape index (κ1) is 12.8. The minimum absolute atomic E-state index is 0.162. The van der Waals surface area contributed by atoms with Crippen molar-refractivity contribution in [2.24, 2.45) is 0 Å².